The van der Waals surface area contributed by atoms with E-state index in [1.54, 1.807) is 0 Å². The maximum absolute atomic E-state index is 14.0. The Morgan fingerprint density at radius 2 is 1.12 bits per heavy atom. The van der Waals surface area contributed by atoms with Crippen LogP contribution in [0.2, 0.25) is 0 Å². The standard InChI is InChI=1S/C32H41OP/c1-27-25-28(2)32(29(3)26-27)23-17-9-7-5-4-6-8-10-18-24-34(33,30-19-13-11-14-20-30)31-21-15-12-16-22-31/h11-17,19-23,25-26H,4-10,18,24H2,1-3H3. The van der Waals surface area contributed by atoms with Gasteiger partial charge in [-0.05, 0) is 56.7 Å². The van der Waals surface area contributed by atoms with Crippen LogP contribution in [0.25, 0.3) is 6.08 Å². The fraction of sp³-hybridized carbons (Fsp3) is 0.375. The molecule has 0 radical (unpaired) electrons. The van der Waals surface area contributed by atoms with Crippen LogP contribution < -0.4 is 10.6 Å². The average Bonchev–Trinajstić information content (AvgIpc) is 2.84. The lowest BCUT2D eigenvalue weighted by atomic mass is 9.99. The fourth-order valence-corrected chi connectivity index (χ4v) is 7.67. The van der Waals surface area contributed by atoms with E-state index in [0.29, 0.717) is 0 Å². The van der Waals surface area contributed by atoms with E-state index in [4.69, 9.17) is 0 Å². The van der Waals surface area contributed by atoms with E-state index in [1.165, 1.54) is 54.4 Å². The smallest absolute Gasteiger partial charge is 0.143 e. The van der Waals surface area contributed by atoms with E-state index in [2.05, 4.69) is 45.1 Å². The summed E-state index contributed by atoms with van der Waals surface area (Å²) >= 11 is 0. The van der Waals surface area contributed by atoms with Gasteiger partial charge in [-0.1, -0.05) is 123 Å². The summed E-state index contributed by atoms with van der Waals surface area (Å²) in [5, 5.41) is 1.98. The molecule has 0 bridgehead atoms. The quantitative estimate of drug-likeness (QED) is 0.179. The van der Waals surface area contributed by atoms with Crippen molar-refractivity contribution in [3.8, 4) is 0 Å². The van der Waals surface area contributed by atoms with Crippen molar-refractivity contribution in [3.63, 3.8) is 0 Å². The van der Waals surface area contributed by atoms with Gasteiger partial charge in [-0.2, -0.15) is 0 Å². The van der Waals surface area contributed by atoms with Gasteiger partial charge in [-0.25, -0.2) is 0 Å². The SMILES string of the molecule is Cc1cc(C)c(C=CCCCCCCCCCP(=O)(c2ccccc2)c2ccccc2)c(C)c1. The van der Waals surface area contributed by atoms with Crippen molar-refractivity contribution >= 4 is 23.8 Å². The molecule has 0 heterocycles. The Balaban J connectivity index is 1.35. The molecular formula is C32H41OP. The molecule has 0 spiro atoms. The fourth-order valence-electron chi connectivity index (χ4n) is 4.88. The molecular weight excluding hydrogens is 431 g/mol. The summed E-state index contributed by atoms with van der Waals surface area (Å²) in [5.74, 6) is 0. The molecule has 3 rings (SSSR count). The van der Waals surface area contributed by atoms with Crippen LogP contribution in [-0.2, 0) is 4.57 Å². The van der Waals surface area contributed by atoms with Crippen molar-refractivity contribution in [2.45, 2.75) is 72.1 Å². The van der Waals surface area contributed by atoms with Gasteiger partial charge >= 0.3 is 0 Å². The van der Waals surface area contributed by atoms with Crippen molar-refractivity contribution in [1.29, 1.82) is 0 Å². The third-order valence-electron chi connectivity index (χ3n) is 6.71. The highest BCUT2D eigenvalue weighted by Crippen LogP contribution is 2.44. The summed E-state index contributed by atoms with van der Waals surface area (Å²) < 4.78 is 14.0. The lowest BCUT2D eigenvalue weighted by Crippen LogP contribution is -2.18. The first-order chi connectivity index (χ1) is 16.5. The molecule has 1 nitrogen and oxygen atoms in total. The predicted molar refractivity (Wildman–Crippen MR) is 151 cm³/mol. The summed E-state index contributed by atoms with van der Waals surface area (Å²) in [5.41, 5.74) is 5.47. The van der Waals surface area contributed by atoms with E-state index >= 15 is 0 Å². The molecule has 2 heteroatoms. The van der Waals surface area contributed by atoms with Crippen molar-refractivity contribution in [3.05, 3.63) is 101 Å². The molecule has 34 heavy (non-hydrogen) atoms. The number of aryl methyl sites for hydroxylation is 3. The summed E-state index contributed by atoms with van der Waals surface area (Å²) in [6, 6.07) is 24.7. The van der Waals surface area contributed by atoms with E-state index in [9.17, 15) is 4.57 Å². The summed E-state index contributed by atoms with van der Waals surface area (Å²) in [7, 11) is -2.54. The van der Waals surface area contributed by atoms with E-state index in [0.717, 1.165) is 36.0 Å². The van der Waals surface area contributed by atoms with Crippen LogP contribution in [0.5, 0.6) is 0 Å². The first kappa shape index (κ1) is 26.2. The molecule has 0 aromatic heterocycles. The van der Waals surface area contributed by atoms with Crippen molar-refractivity contribution < 1.29 is 4.57 Å². The van der Waals surface area contributed by atoms with Crippen LogP contribution in [0, 0.1) is 20.8 Å². The number of unbranched alkanes of at least 4 members (excludes halogenated alkanes) is 7. The average molecular weight is 473 g/mol. The van der Waals surface area contributed by atoms with Crippen LogP contribution in [0.4, 0.5) is 0 Å². The Morgan fingerprint density at radius 1 is 0.647 bits per heavy atom. The van der Waals surface area contributed by atoms with Crippen LogP contribution in [0.3, 0.4) is 0 Å². The Kier molecular flexibility index (Phi) is 10.4. The predicted octanol–water partition coefficient (Wildman–Crippen LogP) is 8.76. The minimum atomic E-state index is -2.54. The van der Waals surface area contributed by atoms with E-state index in [1.807, 2.05) is 60.7 Å². The number of hydrogen-bond acceptors (Lipinski definition) is 1. The molecule has 0 unspecified atom stereocenters. The zero-order chi connectivity index (χ0) is 24.2. The van der Waals surface area contributed by atoms with Gasteiger partial charge in [0.15, 0.2) is 0 Å². The van der Waals surface area contributed by atoms with Gasteiger partial charge in [0, 0.05) is 16.8 Å². The zero-order valence-electron chi connectivity index (χ0n) is 21.3. The highest BCUT2D eigenvalue weighted by Gasteiger charge is 2.26. The zero-order valence-corrected chi connectivity index (χ0v) is 22.2. The topological polar surface area (TPSA) is 17.1 Å². The van der Waals surface area contributed by atoms with Gasteiger partial charge < -0.3 is 4.57 Å². The second-order valence-corrected chi connectivity index (χ2v) is 12.6. The molecule has 0 aliphatic rings. The summed E-state index contributed by atoms with van der Waals surface area (Å²) in [6.07, 6.45) is 15.1. The largest absolute Gasteiger partial charge is 0.314 e. The maximum Gasteiger partial charge on any atom is 0.143 e. The van der Waals surface area contributed by atoms with Gasteiger partial charge in [0.05, 0.1) is 0 Å². The molecule has 3 aromatic rings. The maximum atomic E-state index is 14.0. The first-order valence-electron chi connectivity index (χ1n) is 13.0. The molecule has 0 N–H and O–H groups in total. The van der Waals surface area contributed by atoms with Gasteiger partial charge in [0.1, 0.15) is 7.14 Å². The number of benzene rings is 3. The molecule has 0 aliphatic heterocycles. The Labute approximate surface area is 207 Å². The Morgan fingerprint density at radius 3 is 1.65 bits per heavy atom. The van der Waals surface area contributed by atoms with Gasteiger partial charge in [0.2, 0.25) is 0 Å². The van der Waals surface area contributed by atoms with Crippen molar-refractivity contribution in [2.75, 3.05) is 6.16 Å². The van der Waals surface area contributed by atoms with Crippen molar-refractivity contribution in [2.24, 2.45) is 0 Å². The lowest BCUT2D eigenvalue weighted by Gasteiger charge is -2.19. The van der Waals surface area contributed by atoms with Gasteiger partial charge in [0.25, 0.3) is 0 Å². The molecule has 180 valence electrons. The van der Waals surface area contributed by atoms with Crippen LogP contribution >= 0.6 is 7.14 Å². The third kappa shape index (κ3) is 7.57. The summed E-state index contributed by atoms with van der Waals surface area (Å²) in [6.45, 7) is 6.58. The molecule has 0 aliphatic carbocycles. The third-order valence-corrected chi connectivity index (χ3v) is 9.92. The number of hydrogen-bond donors (Lipinski definition) is 0. The molecule has 0 saturated heterocycles. The van der Waals surface area contributed by atoms with Crippen LogP contribution in [-0.4, -0.2) is 6.16 Å². The highest BCUT2D eigenvalue weighted by atomic mass is 31.2. The van der Waals surface area contributed by atoms with E-state index < -0.39 is 7.14 Å². The molecule has 0 atom stereocenters. The highest BCUT2D eigenvalue weighted by molar-refractivity contribution is 7.78. The monoisotopic (exact) mass is 472 g/mol. The first-order valence-corrected chi connectivity index (χ1v) is 14.8. The van der Waals surface area contributed by atoms with E-state index in [-0.39, 0.29) is 0 Å². The minimum absolute atomic E-state index is 0.768. The Hall–Kier alpha value is -2.37. The normalized spacial score (nSPS) is 11.9. The van der Waals surface area contributed by atoms with Crippen LogP contribution in [0.15, 0.2) is 78.9 Å². The van der Waals surface area contributed by atoms with Gasteiger partial charge in [-0.3, -0.25) is 0 Å². The lowest BCUT2D eigenvalue weighted by molar-refractivity contribution is 0.575. The minimum Gasteiger partial charge on any atom is -0.314 e. The molecule has 0 saturated carbocycles. The second-order valence-electron chi connectivity index (χ2n) is 9.61. The summed E-state index contributed by atoms with van der Waals surface area (Å²) in [4.78, 5) is 0. The molecule has 0 amide bonds. The molecule has 3 aromatic carbocycles. The number of rotatable bonds is 13. The Bertz CT molecular complexity index is 1020. The second kappa shape index (κ2) is 13.5. The number of allylic oxidation sites excluding steroid dienone is 1. The van der Waals surface area contributed by atoms with Crippen LogP contribution in [0.1, 0.15) is 73.6 Å². The molecule has 0 fully saturated rings. The van der Waals surface area contributed by atoms with Crippen molar-refractivity contribution in [1.82, 2.24) is 0 Å². The van der Waals surface area contributed by atoms with Gasteiger partial charge in [-0.15, -0.1) is 0 Å².